The minimum absolute atomic E-state index is 0.0973. The molecule has 0 atom stereocenters. The van der Waals surface area contributed by atoms with E-state index < -0.39 is 0 Å². The number of pyridine rings is 1. The van der Waals surface area contributed by atoms with Gasteiger partial charge >= 0.3 is 5.56 Å². The highest BCUT2D eigenvalue weighted by atomic mass is 127. The first-order chi connectivity index (χ1) is 15.5. The lowest BCUT2D eigenvalue weighted by atomic mass is 10.1. The van der Waals surface area contributed by atoms with E-state index in [1.165, 1.54) is 16.2 Å². The SMILES string of the molecule is CNC(=O)COc1cc2cc(Nc3nc(N4CCCCC4)ncc3Cl)ccc2n(I)c1=O. The molecule has 168 valence electrons. The summed E-state index contributed by atoms with van der Waals surface area (Å²) in [6.07, 6.45) is 5.08. The van der Waals surface area contributed by atoms with Gasteiger partial charge in [0.05, 0.1) is 34.6 Å². The van der Waals surface area contributed by atoms with E-state index >= 15 is 0 Å². The summed E-state index contributed by atoms with van der Waals surface area (Å²) in [6.45, 7) is 1.63. The Balaban J connectivity index is 1.63. The van der Waals surface area contributed by atoms with Crippen LogP contribution in [0, 0.1) is 0 Å². The Bertz CT molecular complexity index is 1210. The number of rotatable bonds is 6. The van der Waals surface area contributed by atoms with Crippen LogP contribution in [0.1, 0.15) is 19.3 Å². The number of benzene rings is 1. The number of hydrogen-bond donors (Lipinski definition) is 2. The van der Waals surface area contributed by atoms with Crippen molar-refractivity contribution >= 4 is 68.7 Å². The van der Waals surface area contributed by atoms with Crippen LogP contribution in [-0.4, -0.2) is 45.4 Å². The molecule has 1 aromatic carbocycles. The van der Waals surface area contributed by atoms with Crippen molar-refractivity contribution in [3.8, 4) is 5.75 Å². The van der Waals surface area contributed by atoms with Crippen molar-refractivity contribution in [3.63, 3.8) is 0 Å². The molecule has 0 saturated carbocycles. The molecule has 0 spiro atoms. The lowest BCUT2D eigenvalue weighted by Crippen LogP contribution is -2.31. The normalized spacial score (nSPS) is 13.8. The Kier molecular flexibility index (Phi) is 6.99. The van der Waals surface area contributed by atoms with Crippen LogP contribution in [0.3, 0.4) is 0 Å². The number of likely N-dealkylation sites (N-methyl/N-ethyl adjacent to an activating group) is 1. The zero-order chi connectivity index (χ0) is 22.7. The van der Waals surface area contributed by atoms with E-state index in [-0.39, 0.29) is 23.8 Å². The molecule has 0 radical (unpaired) electrons. The molecule has 2 aromatic heterocycles. The zero-order valence-corrected chi connectivity index (χ0v) is 20.3. The highest BCUT2D eigenvalue weighted by Gasteiger charge is 2.16. The second-order valence-electron chi connectivity index (χ2n) is 7.37. The van der Waals surface area contributed by atoms with Crippen molar-refractivity contribution in [2.24, 2.45) is 0 Å². The predicted molar refractivity (Wildman–Crippen MR) is 134 cm³/mol. The first-order valence-corrected chi connectivity index (χ1v) is 11.5. The number of aromatic nitrogens is 3. The van der Waals surface area contributed by atoms with Crippen LogP contribution in [-0.2, 0) is 4.79 Å². The van der Waals surface area contributed by atoms with Crippen LogP contribution in [0.25, 0.3) is 10.9 Å². The minimum atomic E-state index is -0.326. The molecule has 3 aromatic rings. The van der Waals surface area contributed by atoms with E-state index in [1.54, 1.807) is 12.3 Å². The van der Waals surface area contributed by atoms with E-state index in [0.717, 1.165) is 42.5 Å². The predicted octanol–water partition coefficient (Wildman–Crippen LogP) is 3.50. The van der Waals surface area contributed by atoms with Gasteiger partial charge < -0.3 is 20.3 Å². The molecule has 0 aliphatic carbocycles. The molecule has 3 heterocycles. The molecule has 1 fully saturated rings. The summed E-state index contributed by atoms with van der Waals surface area (Å²) in [6, 6.07) is 7.17. The van der Waals surface area contributed by atoms with Gasteiger partial charge in [0.1, 0.15) is 5.02 Å². The lowest BCUT2D eigenvalue weighted by Gasteiger charge is -2.26. The number of piperidine rings is 1. The third-order valence-electron chi connectivity index (χ3n) is 5.19. The first kappa shape index (κ1) is 22.6. The van der Waals surface area contributed by atoms with E-state index in [1.807, 2.05) is 41.1 Å². The molecule has 0 unspecified atom stereocenters. The first-order valence-electron chi connectivity index (χ1n) is 10.2. The zero-order valence-electron chi connectivity index (χ0n) is 17.4. The number of carbonyl (C=O) groups is 1. The van der Waals surface area contributed by atoms with Gasteiger partial charge in [0, 0.05) is 31.2 Å². The maximum absolute atomic E-state index is 12.5. The van der Waals surface area contributed by atoms with Gasteiger partial charge in [-0.25, -0.2) is 7.76 Å². The van der Waals surface area contributed by atoms with Crippen LogP contribution in [0.4, 0.5) is 17.5 Å². The molecule has 2 N–H and O–H groups in total. The summed E-state index contributed by atoms with van der Waals surface area (Å²) in [5, 5.41) is 6.89. The van der Waals surface area contributed by atoms with E-state index in [2.05, 4.69) is 25.5 Å². The average molecular weight is 569 g/mol. The fraction of sp³-hybridized carbons (Fsp3) is 0.333. The molecule has 1 aliphatic heterocycles. The number of fused-ring (bicyclic) bond motifs is 1. The summed E-state index contributed by atoms with van der Waals surface area (Å²) in [4.78, 5) is 35.2. The number of amides is 1. The number of halogens is 2. The largest absolute Gasteiger partial charge is 0.478 e. The number of hydrogen-bond acceptors (Lipinski definition) is 7. The Morgan fingerprint density at radius 2 is 2.03 bits per heavy atom. The molecule has 4 rings (SSSR count). The van der Waals surface area contributed by atoms with Gasteiger partial charge in [0.25, 0.3) is 5.91 Å². The van der Waals surface area contributed by atoms with Crippen molar-refractivity contribution in [1.29, 1.82) is 0 Å². The third kappa shape index (κ3) is 4.90. The van der Waals surface area contributed by atoms with Crippen molar-refractivity contribution in [3.05, 3.63) is 45.8 Å². The molecule has 32 heavy (non-hydrogen) atoms. The van der Waals surface area contributed by atoms with Crippen LogP contribution >= 0.6 is 34.5 Å². The Morgan fingerprint density at radius 3 is 2.78 bits per heavy atom. The van der Waals surface area contributed by atoms with Crippen LogP contribution in [0.5, 0.6) is 5.75 Å². The number of nitrogens with zero attached hydrogens (tertiary/aromatic N) is 4. The number of nitrogens with one attached hydrogen (secondary N) is 2. The van der Waals surface area contributed by atoms with Crippen molar-refractivity contribution in [2.45, 2.75) is 19.3 Å². The van der Waals surface area contributed by atoms with E-state index in [4.69, 9.17) is 16.3 Å². The molecule has 1 amide bonds. The fourth-order valence-electron chi connectivity index (χ4n) is 3.48. The molecule has 1 saturated heterocycles. The van der Waals surface area contributed by atoms with Gasteiger partial charge in [-0.1, -0.05) is 11.6 Å². The van der Waals surface area contributed by atoms with Gasteiger partial charge in [-0.2, -0.15) is 4.98 Å². The van der Waals surface area contributed by atoms with E-state index in [9.17, 15) is 9.59 Å². The number of anilines is 3. The van der Waals surface area contributed by atoms with Crippen LogP contribution in [0.15, 0.2) is 35.3 Å². The molecule has 11 heteroatoms. The maximum atomic E-state index is 12.5. The van der Waals surface area contributed by atoms with Gasteiger partial charge in [0.2, 0.25) is 5.95 Å². The van der Waals surface area contributed by atoms with Crippen molar-refractivity contribution in [1.82, 2.24) is 18.1 Å². The van der Waals surface area contributed by atoms with Crippen LogP contribution < -0.4 is 25.8 Å². The maximum Gasteiger partial charge on any atom is 0.302 e. The third-order valence-corrected chi connectivity index (χ3v) is 6.42. The van der Waals surface area contributed by atoms with Crippen molar-refractivity contribution < 1.29 is 9.53 Å². The average Bonchev–Trinajstić information content (AvgIpc) is 2.82. The molecule has 1 aliphatic rings. The van der Waals surface area contributed by atoms with Crippen molar-refractivity contribution in [2.75, 3.05) is 37.0 Å². The molecule has 9 nitrogen and oxygen atoms in total. The summed E-state index contributed by atoms with van der Waals surface area (Å²) < 4.78 is 6.88. The molecular formula is C21H22ClIN6O3. The topological polar surface area (TPSA) is 101 Å². The van der Waals surface area contributed by atoms with Gasteiger partial charge in [0.15, 0.2) is 18.2 Å². The lowest BCUT2D eigenvalue weighted by molar-refractivity contribution is -0.122. The fourth-order valence-corrected chi connectivity index (χ4v) is 4.30. The minimum Gasteiger partial charge on any atom is -0.478 e. The summed E-state index contributed by atoms with van der Waals surface area (Å²) in [5.41, 5.74) is 1.14. The van der Waals surface area contributed by atoms with Gasteiger partial charge in [-0.3, -0.25) is 9.59 Å². The second kappa shape index (κ2) is 9.90. The summed E-state index contributed by atoms with van der Waals surface area (Å²) in [5.74, 6) is 0.951. The standard InChI is InChI=1S/C21H22ClIN6O3/c1-24-18(30)12-32-17-10-13-9-14(5-6-16(13)29(23)20(17)31)26-19-15(22)11-25-21(27-19)28-7-3-2-4-8-28/h5-6,9-11H,2-4,7-8,12H2,1H3,(H,24,30)(H,25,26,27). The highest BCUT2D eigenvalue weighted by Crippen LogP contribution is 2.28. The Morgan fingerprint density at radius 1 is 1.25 bits per heavy atom. The van der Waals surface area contributed by atoms with Gasteiger partial charge in [-0.15, -0.1) is 0 Å². The highest BCUT2D eigenvalue weighted by molar-refractivity contribution is 14.1. The number of ether oxygens (including phenoxy) is 1. The second-order valence-corrected chi connectivity index (χ2v) is 8.74. The smallest absolute Gasteiger partial charge is 0.302 e. The molecular weight excluding hydrogens is 547 g/mol. The Labute approximate surface area is 203 Å². The quantitative estimate of drug-likeness (QED) is 0.439. The van der Waals surface area contributed by atoms with Gasteiger partial charge in [-0.05, 0) is 43.5 Å². The number of carbonyl (C=O) groups excluding carboxylic acids is 1. The monoisotopic (exact) mass is 568 g/mol. The van der Waals surface area contributed by atoms with Crippen LogP contribution in [0.2, 0.25) is 5.02 Å². The Hall–Kier alpha value is -2.60. The van der Waals surface area contributed by atoms with E-state index in [0.29, 0.717) is 16.8 Å². The summed E-state index contributed by atoms with van der Waals surface area (Å²) in [7, 11) is 1.51. The molecule has 0 bridgehead atoms. The summed E-state index contributed by atoms with van der Waals surface area (Å²) >= 11 is 8.27.